The molecule has 0 atom stereocenters. The van der Waals surface area contributed by atoms with Gasteiger partial charge in [-0.05, 0) is 56.0 Å². The number of nitrogens with zero attached hydrogens (tertiary/aromatic N) is 2. The first kappa shape index (κ1) is 23.1. The van der Waals surface area contributed by atoms with Crippen molar-refractivity contribution in [3.8, 4) is 11.5 Å². The smallest absolute Gasteiger partial charge is 0.294 e. The third-order valence-electron chi connectivity index (χ3n) is 5.05. The molecule has 168 valence electrons. The zero-order chi connectivity index (χ0) is 23.3. The Kier molecular flexibility index (Phi) is 7.30. The van der Waals surface area contributed by atoms with Crippen LogP contribution in [0.15, 0.2) is 53.5 Å². The molecule has 1 aromatic heterocycles. The summed E-state index contributed by atoms with van der Waals surface area (Å²) in [6.07, 6.45) is 2.42. The van der Waals surface area contributed by atoms with E-state index >= 15 is 0 Å². The Balaban J connectivity index is 1.86. The molecule has 1 amide bonds. The first-order chi connectivity index (χ1) is 15.2. The standard InChI is InChI=1S/C25H30N4O3/c1-16(2)11-12-26-24(30)19-7-6-8-20(14-19)28-23-22(15-27-29(5)25(23)31)32-21-10-9-17(3)13-18(21)4/h6-10,13-16,28H,11-12H2,1-5H3,(H,26,30). The van der Waals surface area contributed by atoms with Crippen LogP contribution in [0.4, 0.5) is 11.4 Å². The van der Waals surface area contributed by atoms with Gasteiger partial charge in [-0.1, -0.05) is 37.6 Å². The molecular formula is C25H30N4O3. The fraction of sp³-hybridized carbons (Fsp3) is 0.320. The fourth-order valence-corrected chi connectivity index (χ4v) is 3.21. The third kappa shape index (κ3) is 5.75. The monoisotopic (exact) mass is 434 g/mol. The summed E-state index contributed by atoms with van der Waals surface area (Å²) >= 11 is 0. The SMILES string of the molecule is Cc1ccc(Oc2cnn(C)c(=O)c2Nc2cccc(C(=O)NCCC(C)C)c2)c(C)c1. The van der Waals surface area contributed by atoms with E-state index in [9.17, 15) is 9.59 Å². The van der Waals surface area contributed by atoms with Gasteiger partial charge in [0, 0.05) is 24.8 Å². The van der Waals surface area contributed by atoms with Gasteiger partial charge >= 0.3 is 0 Å². The average Bonchev–Trinajstić information content (AvgIpc) is 2.75. The number of aryl methyl sites for hydroxylation is 3. The van der Waals surface area contributed by atoms with Gasteiger partial charge < -0.3 is 15.4 Å². The highest BCUT2D eigenvalue weighted by atomic mass is 16.5. The van der Waals surface area contributed by atoms with Gasteiger partial charge in [0.25, 0.3) is 11.5 Å². The molecule has 3 aromatic rings. The zero-order valence-corrected chi connectivity index (χ0v) is 19.2. The van der Waals surface area contributed by atoms with Crippen molar-refractivity contribution < 1.29 is 9.53 Å². The lowest BCUT2D eigenvalue weighted by molar-refractivity contribution is 0.0952. The van der Waals surface area contributed by atoms with E-state index in [2.05, 4.69) is 29.6 Å². The van der Waals surface area contributed by atoms with Crippen LogP contribution >= 0.6 is 0 Å². The first-order valence-corrected chi connectivity index (χ1v) is 10.7. The maximum absolute atomic E-state index is 12.8. The van der Waals surface area contributed by atoms with Gasteiger partial charge in [0.1, 0.15) is 5.75 Å². The molecule has 32 heavy (non-hydrogen) atoms. The number of benzene rings is 2. The van der Waals surface area contributed by atoms with Gasteiger partial charge in [0.15, 0.2) is 11.4 Å². The van der Waals surface area contributed by atoms with Gasteiger partial charge in [0.05, 0.1) is 6.20 Å². The lowest BCUT2D eigenvalue weighted by Crippen LogP contribution is -2.25. The molecule has 0 saturated carbocycles. The van der Waals surface area contributed by atoms with Crippen LogP contribution in [-0.2, 0) is 7.05 Å². The summed E-state index contributed by atoms with van der Waals surface area (Å²) < 4.78 is 7.27. The summed E-state index contributed by atoms with van der Waals surface area (Å²) in [5, 5.41) is 10.1. The predicted molar refractivity (Wildman–Crippen MR) is 127 cm³/mol. The van der Waals surface area contributed by atoms with Gasteiger partial charge in [-0.2, -0.15) is 5.10 Å². The maximum atomic E-state index is 12.8. The lowest BCUT2D eigenvalue weighted by Gasteiger charge is -2.15. The number of hydrogen-bond donors (Lipinski definition) is 2. The normalized spacial score (nSPS) is 10.8. The highest BCUT2D eigenvalue weighted by Crippen LogP contribution is 2.30. The number of anilines is 2. The van der Waals surface area contributed by atoms with Crippen LogP contribution in [0.25, 0.3) is 0 Å². The quantitative estimate of drug-likeness (QED) is 0.536. The molecule has 2 N–H and O–H groups in total. The largest absolute Gasteiger partial charge is 0.453 e. The highest BCUT2D eigenvalue weighted by Gasteiger charge is 2.15. The van der Waals surface area contributed by atoms with E-state index in [1.165, 1.54) is 10.9 Å². The van der Waals surface area contributed by atoms with Crippen molar-refractivity contribution in [3.05, 3.63) is 75.7 Å². The van der Waals surface area contributed by atoms with E-state index in [0.717, 1.165) is 17.5 Å². The van der Waals surface area contributed by atoms with Crippen molar-refractivity contribution in [1.82, 2.24) is 15.1 Å². The van der Waals surface area contributed by atoms with Crippen LogP contribution in [-0.4, -0.2) is 22.2 Å². The van der Waals surface area contributed by atoms with E-state index in [1.54, 1.807) is 31.3 Å². The third-order valence-corrected chi connectivity index (χ3v) is 5.05. The van der Waals surface area contributed by atoms with E-state index in [1.807, 2.05) is 32.0 Å². The Bertz CT molecular complexity index is 1170. The summed E-state index contributed by atoms with van der Waals surface area (Å²) in [5.41, 5.74) is 3.12. The molecule has 0 fully saturated rings. The fourth-order valence-electron chi connectivity index (χ4n) is 3.21. The minimum Gasteiger partial charge on any atom is -0.453 e. The molecule has 2 aromatic carbocycles. The maximum Gasteiger partial charge on any atom is 0.294 e. The number of rotatable bonds is 8. The average molecular weight is 435 g/mol. The van der Waals surface area contributed by atoms with Gasteiger partial charge in [-0.15, -0.1) is 0 Å². The van der Waals surface area contributed by atoms with Crippen molar-refractivity contribution in [3.63, 3.8) is 0 Å². The molecule has 3 rings (SSSR count). The Hall–Kier alpha value is -3.61. The first-order valence-electron chi connectivity index (χ1n) is 10.7. The molecule has 0 unspecified atom stereocenters. The summed E-state index contributed by atoms with van der Waals surface area (Å²) in [4.78, 5) is 25.3. The van der Waals surface area contributed by atoms with Gasteiger partial charge in [-0.3, -0.25) is 9.59 Å². The molecule has 0 aliphatic rings. The number of nitrogens with one attached hydrogen (secondary N) is 2. The molecule has 0 spiro atoms. The Morgan fingerprint density at radius 3 is 2.62 bits per heavy atom. The molecule has 0 radical (unpaired) electrons. The van der Waals surface area contributed by atoms with E-state index in [4.69, 9.17) is 4.74 Å². The molecule has 0 aliphatic heterocycles. The predicted octanol–water partition coefficient (Wildman–Crippen LogP) is 4.71. The Labute approximate surface area is 188 Å². The number of hydrogen-bond acceptors (Lipinski definition) is 5. The van der Waals surface area contributed by atoms with Crippen LogP contribution in [0, 0.1) is 19.8 Å². The van der Waals surface area contributed by atoms with Crippen molar-refractivity contribution >= 4 is 17.3 Å². The molecule has 7 heteroatoms. The molecule has 1 heterocycles. The minimum atomic E-state index is -0.334. The van der Waals surface area contributed by atoms with E-state index in [0.29, 0.717) is 35.2 Å². The Morgan fingerprint density at radius 2 is 1.91 bits per heavy atom. The van der Waals surface area contributed by atoms with Crippen LogP contribution in [0.2, 0.25) is 0 Å². The second-order valence-corrected chi connectivity index (χ2v) is 8.33. The van der Waals surface area contributed by atoms with Crippen molar-refractivity contribution in [2.24, 2.45) is 13.0 Å². The molecule has 7 nitrogen and oxygen atoms in total. The Morgan fingerprint density at radius 1 is 1.12 bits per heavy atom. The lowest BCUT2D eigenvalue weighted by atomic mass is 10.1. The number of amides is 1. The van der Waals surface area contributed by atoms with Crippen molar-refractivity contribution in [2.75, 3.05) is 11.9 Å². The van der Waals surface area contributed by atoms with Crippen LogP contribution < -0.4 is 20.9 Å². The molecule has 0 aliphatic carbocycles. The van der Waals surface area contributed by atoms with Crippen molar-refractivity contribution in [1.29, 1.82) is 0 Å². The second-order valence-electron chi connectivity index (χ2n) is 8.33. The van der Waals surface area contributed by atoms with Gasteiger partial charge in [0.2, 0.25) is 0 Å². The number of carbonyl (C=O) groups is 1. The van der Waals surface area contributed by atoms with Crippen LogP contribution in [0.3, 0.4) is 0 Å². The van der Waals surface area contributed by atoms with Crippen LogP contribution in [0.1, 0.15) is 41.8 Å². The summed E-state index contributed by atoms with van der Waals surface area (Å²) in [5.74, 6) is 1.32. The van der Waals surface area contributed by atoms with E-state index < -0.39 is 0 Å². The number of aromatic nitrogens is 2. The summed E-state index contributed by atoms with van der Waals surface area (Å²) in [6, 6.07) is 12.9. The van der Waals surface area contributed by atoms with Crippen LogP contribution in [0.5, 0.6) is 11.5 Å². The zero-order valence-electron chi connectivity index (χ0n) is 19.2. The molecule has 0 bridgehead atoms. The highest BCUT2D eigenvalue weighted by molar-refractivity contribution is 5.95. The summed E-state index contributed by atoms with van der Waals surface area (Å²) in [7, 11) is 1.58. The van der Waals surface area contributed by atoms with Crippen molar-refractivity contribution in [2.45, 2.75) is 34.1 Å². The second kappa shape index (κ2) is 10.1. The topological polar surface area (TPSA) is 85.2 Å². The minimum absolute atomic E-state index is 0.149. The molecular weight excluding hydrogens is 404 g/mol. The number of carbonyl (C=O) groups excluding carboxylic acids is 1. The van der Waals surface area contributed by atoms with Gasteiger partial charge in [-0.25, -0.2) is 4.68 Å². The van der Waals surface area contributed by atoms with E-state index in [-0.39, 0.29) is 17.2 Å². The summed E-state index contributed by atoms with van der Waals surface area (Å²) in [6.45, 7) is 8.81. The number of ether oxygens (including phenoxy) is 1. The molecule has 0 saturated heterocycles.